The SMILES string of the molecule is COc1ccc(Cl)cc1/C=C/C(=O)Nc1ccc(NC(=O)CC(C)C)cc1. The topological polar surface area (TPSA) is 67.4 Å². The number of amides is 2. The number of nitrogens with one attached hydrogen (secondary N) is 2. The molecule has 0 heterocycles. The maximum atomic E-state index is 12.1. The van der Waals surface area contributed by atoms with Crippen LogP contribution in [0.4, 0.5) is 11.4 Å². The third-order valence-electron chi connectivity index (χ3n) is 3.64. The molecule has 2 aromatic carbocycles. The molecule has 2 rings (SSSR count). The van der Waals surface area contributed by atoms with Crippen LogP contribution in [0.2, 0.25) is 5.02 Å². The number of methoxy groups -OCH3 is 1. The first-order chi connectivity index (χ1) is 12.9. The van der Waals surface area contributed by atoms with Crippen molar-refractivity contribution in [1.29, 1.82) is 0 Å². The van der Waals surface area contributed by atoms with Crippen LogP contribution in [0.1, 0.15) is 25.8 Å². The molecule has 0 unspecified atom stereocenters. The van der Waals surface area contributed by atoms with Crippen LogP contribution < -0.4 is 15.4 Å². The van der Waals surface area contributed by atoms with Crippen molar-refractivity contribution in [2.24, 2.45) is 5.92 Å². The molecule has 0 aliphatic heterocycles. The van der Waals surface area contributed by atoms with Gasteiger partial charge in [0.05, 0.1) is 7.11 Å². The van der Waals surface area contributed by atoms with E-state index in [1.165, 1.54) is 6.08 Å². The summed E-state index contributed by atoms with van der Waals surface area (Å²) in [5, 5.41) is 6.15. The van der Waals surface area contributed by atoms with Crippen molar-refractivity contribution in [3.05, 3.63) is 59.1 Å². The van der Waals surface area contributed by atoms with Crippen molar-refractivity contribution in [3.63, 3.8) is 0 Å². The summed E-state index contributed by atoms with van der Waals surface area (Å²) in [5.41, 5.74) is 2.03. The van der Waals surface area contributed by atoms with Crippen LogP contribution >= 0.6 is 11.6 Å². The van der Waals surface area contributed by atoms with Gasteiger partial charge in [0.1, 0.15) is 5.75 Å². The van der Waals surface area contributed by atoms with E-state index in [1.807, 2.05) is 13.8 Å². The Bertz CT molecular complexity index is 830. The highest BCUT2D eigenvalue weighted by molar-refractivity contribution is 6.30. The monoisotopic (exact) mass is 386 g/mol. The highest BCUT2D eigenvalue weighted by Crippen LogP contribution is 2.24. The number of ether oxygens (including phenoxy) is 1. The molecule has 2 amide bonds. The Hall–Kier alpha value is -2.79. The number of carbonyl (C=O) groups is 2. The number of hydrogen-bond acceptors (Lipinski definition) is 3. The fraction of sp³-hybridized carbons (Fsp3) is 0.238. The largest absolute Gasteiger partial charge is 0.496 e. The second kappa shape index (κ2) is 9.78. The summed E-state index contributed by atoms with van der Waals surface area (Å²) in [4.78, 5) is 23.9. The maximum Gasteiger partial charge on any atom is 0.248 e. The zero-order valence-corrected chi connectivity index (χ0v) is 16.3. The van der Waals surface area contributed by atoms with Gasteiger partial charge < -0.3 is 15.4 Å². The highest BCUT2D eigenvalue weighted by Gasteiger charge is 2.06. The lowest BCUT2D eigenvalue weighted by molar-refractivity contribution is -0.117. The minimum absolute atomic E-state index is 0.0276. The molecule has 0 atom stereocenters. The van der Waals surface area contributed by atoms with E-state index < -0.39 is 0 Å². The molecule has 5 nitrogen and oxygen atoms in total. The van der Waals surface area contributed by atoms with Crippen LogP contribution in [0.25, 0.3) is 6.08 Å². The van der Waals surface area contributed by atoms with Gasteiger partial charge in [-0.3, -0.25) is 9.59 Å². The number of rotatable bonds is 7. The Morgan fingerprint density at radius 3 is 2.30 bits per heavy atom. The molecule has 0 fully saturated rings. The first-order valence-electron chi connectivity index (χ1n) is 8.60. The Kier molecular flexibility index (Phi) is 7.44. The molecule has 0 radical (unpaired) electrons. The molecule has 0 aliphatic carbocycles. The second-order valence-electron chi connectivity index (χ2n) is 6.43. The summed E-state index contributed by atoms with van der Waals surface area (Å²) in [6, 6.07) is 12.1. The normalized spacial score (nSPS) is 10.9. The van der Waals surface area contributed by atoms with Crippen LogP contribution in [0.3, 0.4) is 0 Å². The van der Waals surface area contributed by atoms with Crippen LogP contribution in [0.5, 0.6) is 5.75 Å². The van der Waals surface area contributed by atoms with Crippen LogP contribution in [0.15, 0.2) is 48.5 Å². The Morgan fingerprint density at radius 2 is 1.70 bits per heavy atom. The predicted octanol–water partition coefficient (Wildman–Crippen LogP) is 4.99. The van der Waals surface area contributed by atoms with Gasteiger partial charge in [0.25, 0.3) is 0 Å². The van der Waals surface area contributed by atoms with Gasteiger partial charge in [-0.05, 0) is 54.5 Å². The third-order valence-corrected chi connectivity index (χ3v) is 3.87. The van der Waals surface area contributed by atoms with Gasteiger partial charge in [-0.1, -0.05) is 25.4 Å². The van der Waals surface area contributed by atoms with Gasteiger partial charge in [0.15, 0.2) is 0 Å². The lowest BCUT2D eigenvalue weighted by Crippen LogP contribution is -2.14. The van der Waals surface area contributed by atoms with E-state index >= 15 is 0 Å². The zero-order valence-electron chi connectivity index (χ0n) is 15.6. The van der Waals surface area contributed by atoms with Gasteiger partial charge in [0, 0.05) is 34.5 Å². The molecule has 6 heteroatoms. The number of anilines is 2. The van der Waals surface area contributed by atoms with Crippen LogP contribution in [0, 0.1) is 5.92 Å². The summed E-state index contributed by atoms with van der Waals surface area (Å²) < 4.78 is 5.24. The van der Waals surface area contributed by atoms with Crippen LogP contribution in [-0.4, -0.2) is 18.9 Å². The van der Waals surface area contributed by atoms with E-state index in [1.54, 1.807) is 55.7 Å². The quantitative estimate of drug-likeness (QED) is 0.659. The van der Waals surface area contributed by atoms with Gasteiger partial charge in [-0.25, -0.2) is 0 Å². The second-order valence-corrected chi connectivity index (χ2v) is 6.87. The van der Waals surface area contributed by atoms with Crippen LogP contribution in [-0.2, 0) is 9.59 Å². The molecule has 0 bridgehead atoms. The van der Waals surface area contributed by atoms with E-state index in [-0.39, 0.29) is 11.8 Å². The standard InChI is InChI=1S/C21H23ClN2O3/c1-14(2)12-21(26)24-18-8-6-17(7-9-18)23-20(25)11-4-15-13-16(22)5-10-19(15)27-3/h4-11,13-14H,12H2,1-3H3,(H,23,25)(H,24,26)/b11-4+. The first-order valence-corrected chi connectivity index (χ1v) is 8.97. The smallest absolute Gasteiger partial charge is 0.248 e. The average Bonchev–Trinajstić information content (AvgIpc) is 2.61. The van der Waals surface area contributed by atoms with Crippen molar-refractivity contribution < 1.29 is 14.3 Å². The molecular formula is C21H23ClN2O3. The highest BCUT2D eigenvalue weighted by atomic mass is 35.5. The fourth-order valence-electron chi connectivity index (χ4n) is 2.40. The van der Waals surface area contributed by atoms with Crippen molar-refractivity contribution >= 4 is 40.9 Å². The molecule has 0 aromatic heterocycles. The van der Waals surface area contributed by atoms with Crippen molar-refractivity contribution in [2.75, 3.05) is 17.7 Å². The van der Waals surface area contributed by atoms with Crippen molar-refractivity contribution in [3.8, 4) is 5.75 Å². The van der Waals surface area contributed by atoms with E-state index in [4.69, 9.17) is 16.3 Å². The minimum atomic E-state index is -0.284. The van der Waals surface area contributed by atoms with Gasteiger partial charge >= 0.3 is 0 Å². The summed E-state index contributed by atoms with van der Waals surface area (Å²) in [7, 11) is 1.56. The average molecular weight is 387 g/mol. The molecular weight excluding hydrogens is 364 g/mol. The molecule has 2 aromatic rings. The van der Waals surface area contributed by atoms with Gasteiger partial charge in [-0.15, -0.1) is 0 Å². The Labute approximate surface area is 164 Å². The van der Waals surface area contributed by atoms with Crippen molar-refractivity contribution in [2.45, 2.75) is 20.3 Å². The molecule has 142 valence electrons. The predicted molar refractivity (Wildman–Crippen MR) is 110 cm³/mol. The van der Waals surface area contributed by atoms with E-state index in [0.29, 0.717) is 40.0 Å². The van der Waals surface area contributed by atoms with E-state index in [0.717, 1.165) is 0 Å². The molecule has 0 saturated heterocycles. The Morgan fingerprint density at radius 1 is 1.07 bits per heavy atom. The first kappa shape index (κ1) is 20.5. The lowest BCUT2D eigenvalue weighted by Gasteiger charge is -2.08. The number of halogens is 1. The zero-order chi connectivity index (χ0) is 19.8. The third kappa shape index (κ3) is 6.79. The number of carbonyl (C=O) groups excluding carboxylic acids is 2. The maximum absolute atomic E-state index is 12.1. The summed E-state index contributed by atoms with van der Waals surface area (Å²) >= 11 is 5.98. The molecule has 0 aliphatic rings. The fourth-order valence-corrected chi connectivity index (χ4v) is 2.59. The lowest BCUT2D eigenvalue weighted by atomic mass is 10.1. The summed E-state index contributed by atoms with van der Waals surface area (Å²) in [6.07, 6.45) is 3.52. The summed E-state index contributed by atoms with van der Waals surface area (Å²) in [6.45, 7) is 3.98. The van der Waals surface area contributed by atoms with Crippen molar-refractivity contribution in [1.82, 2.24) is 0 Å². The molecule has 2 N–H and O–H groups in total. The molecule has 0 saturated carbocycles. The molecule has 0 spiro atoms. The Balaban J connectivity index is 1.96. The molecule has 27 heavy (non-hydrogen) atoms. The van der Waals surface area contributed by atoms with Gasteiger partial charge in [0.2, 0.25) is 11.8 Å². The van der Waals surface area contributed by atoms with E-state index in [2.05, 4.69) is 10.6 Å². The number of benzene rings is 2. The number of hydrogen-bond donors (Lipinski definition) is 2. The van der Waals surface area contributed by atoms with Gasteiger partial charge in [-0.2, -0.15) is 0 Å². The van der Waals surface area contributed by atoms with E-state index in [9.17, 15) is 9.59 Å². The summed E-state index contributed by atoms with van der Waals surface area (Å²) in [5.74, 6) is 0.618. The minimum Gasteiger partial charge on any atom is -0.496 e.